The van der Waals surface area contributed by atoms with Crippen molar-refractivity contribution >= 4 is 22.9 Å². The average molecular weight is 230 g/mol. The molecule has 0 spiro atoms. The molecule has 14 heavy (non-hydrogen) atoms. The van der Waals surface area contributed by atoms with Gasteiger partial charge in [0.2, 0.25) is 0 Å². The minimum Gasteiger partial charge on any atom is -0.301 e. The van der Waals surface area contributed by atoms with Gasteiger partial charge in [0.1, 0.15) is 0 Å². The molecule has 1 aromatic heterocycles. The van der Waals surface area contributed by atoms with Gasteiger partial charge >= 0.3 is 0 Å². The van der Waals surface area contributed by atoms with E-state index in [2.05, 4.69) is 28.7 Å². The normalized spacial score (nSPS) is 28.4. The van der Waals surface area contributed by atoms with Gasteiger partial charge < -0.3 is 4.90 Å². The van der Waals surface area contributed by atoms with Crippen LogP contribution >= 0.6 is 22.9 Å². The minimum absolute atomic E-state index is 0.359. The zero-order valence-corrected chi connectivity index (χ0v) is 10.0. The molecule has 0 N–H and O–H groups in total. The van der Waals surface area contributed by atoms with Crippen LogP contribution in [0.2, 0.25) is 0 Å². The van der Waals surface area contributed by atoms with E-state index in [1.807, 2.05) is 0 Å². The first-order valence-electron chi connectivity index (χ1n) is 5.13. The zero-order chi connectivity index (χ0) is 9.97. The predicted octanol–water partition coefficient (Wildman–Crippen LogP) is 2.85. The fourth-order valence-corrected chi connectivity index (χ4v) is 2.91. The maximum Gasteiger partial charge on any atom is 0.0500 e. The number of halogens is 1. The van der Waals surface area contributed by atoms with Crippen LogP contribution < -0.4 is 0 Å². The first kappa shape index (κ1) is 10.5. The van der Waals surface area contributed by atoms with E-state index < -0.39 is 0 Å². The Morgan fingerprint density at radius 1 is 1.57 bits per heavy atom. The van der Waals surface area contributed by atoms with E-state index in [4.69, 9.17) is 11.6 Å². The smallest absolute Gasteiger partial charge is 0.0500 e. The second-order valence-corrected chi connectivity index (χ2v) is 5.48. The summed E-state index contributed by atoms with van der Waals surface area (Å²) in [7, 11) is 0. The predicted molar refractivity (Wildman–Crippen MR) is 63.3 cm³/mol. The highest BCUT2D eigenvalue weighted by Gasteiger charge is 2.27. The monoisotopic (exact) mass is 229 g/mol. The molecule has 2 unspecified atom stereocenters. The third kappa shape index (κ3) is 2.50. The van der Waals surface area contributed by atoms with Crippen LogP contribution in [0.3, 0.4) is 0 Å². The molecule has 1 aliphatic rings. The molecule has 0 saturated carbocycles. The summed E-state index contributed by atoms with van der Waals surface area (Å²) in [6.07, 6.45) is 1.17. The van der Waals surface area contributed by atoms with E-state index in [1.54, 1.807) is 11.3 Å². The van der Waals surface area contributed by atoms with E-state index in [1.165, 1.54) is 12.0 Å². The lowest BCUT2D eigenvalue weighted by Crippen LogP contribution is -2.23. The van der Waals surface area contributed by atoms with E-state index in [9.17, 15) is 0 Å². The molecule has 2 heterocycles. The van der Waals surface area contributed by atoms with Crippen LogP contribution in [0.25, 0.3) is 0 Å². The summed E-state index contributed by atoms with van der Waals surface area (Å²) in [5, 5.41) is 4.74. The second kappa shape index (κ2) is 4.65. The fourth-order valence-electron chi connectivity index (χ4n) is 1.93. The van der Waals surface area contributed by atoms with Crippen molar-refractivity contribution in [1.82, 2.24) is 4.90 Å². The van der Waals surface area contributed by atoms with Crippen molar-refractivity contribution in [1.29, 1.82) is 0 Å². The summed E-state index contributed by atoms with van der Waals surface area (Å²) in [5.41, 5.74) is 1.46. The van der Waals surface area contributed by atoms with Crippen molar-refractivity contribution in [3.63, 3.8) is 0 Å². The summed E-state index contributed by atoms with van der Waals surface area (Å²) in [4.78, 5) is 2.47. The summed E-state index contributed by atoms with van der Waals surface area (Å²) in [6.45, 7) is 5.62. The first-order valence-corrected chi connectivity index (χ1v) is 6.51. The third-order valence-electron chi connectivity index (χ3n) is 2.89. The number of hydrogen-bond acceptors (Lipinski definition) is 2. The molecule has 1 fully saturated rings. The lowest BCUT2D eigenvalue weighted by molar-refractivity contribution is 0.332. The fraction of sp³-hybridized carbons (Fsp3) is 0.636. The Balaban J connectivity index is 1.77. The van der Waals surface area contributed by atoms with Crippen molar-refractivity contribution < 1.29 is 0 Å². The van der Waals surface area contributed by atoms with Gasteiger partial charge in [0.25, 0.3) is 0 Å². The minimum atomic E-state index is 0.359. The first-order chi connectivity index (χ1) is 6.75. The Morgan fingerprint density at radius 2 is 2.43 bits per heavy atom. The zero-order valence-electron chi connectivity index (χ0n) is 8.45. The molecule has 2 rings (SSSR count). The lowest BCUT2D eigenvalue weighted by atomic mass is 10.1. The molecule has 0 aliphatic carbocycles. The van der Waals surface area contributed by atoms with Crippen LogP contribution in [-0.4, -0.2) is 29.9 Å². The molecule has 1 aromatic rings. The molecule has 0 bridgehead atoms. The van der Waals surface area contributed by atoms with Gasteiger partial charge in [0.05, 0.1) is 5.38 Å². The van der Waals surface area contributed by atoms with Crippen molar-refractivity contribution in [2.45, 2.75) is 18.7 Å². The van der Waals surface area contributed by atoms with E-state index in [0.29, 0.717) is 11.3 Å². The van der Waals surface area contributed by atoms with Gasteiger partial charge in [-0.05, 0) is 34.7 Å². The van der Waals surface area contributed by atoms with Gasteiger partial charge in [-0.25, -0.2) is 0 Å². The van der Waals surface area contributed by atoms with Crippen LogP contribution in [0.4, 0.5) is 0 Å². The Labute approximate surface area is 94.7 Å². The number of rotatable bonds is 3. The Hall–Kier alpha value is -0.0500. The second-order valence-electron chi connectivity index (χ2n) is 4.13. The topological polar surface area (TPSA) is 3.24 Å². The molecule has 0 amide bonds. The largest absolute Gasteiger partial charge is 0.301 e. The van der Waals surface area contributed by atoms with Gasteiger partial charge in [0.15, 0.2) is 0 Å². The highest BCUT2D eigenvalue weighted by Crippen LogP contribution is 2.21. The molecular formula is C11H16ClNS. The van der Waals surface area contributed by atoms with Crippen LogP contribution in [-0.2, 0) is 6.42 Å². The number of nitrogens with zero attached hydrogens (tertiary/aromatic N) is 1. The van der Waals surface area contributed by atoms with Crippen LogP contribution in [0.1, 0.15) is 12.5 Å². The number of hydrogen-bond donors (Lipinski definition) is 0. The van der Waals surface area contributed by atoms with Crippen molar-refractivity contribution in [2.24, 2.45) is 5.92 Å². The molecule has 78 valence electrons. The maximum absolute atomic E-state index is 6.18. The molecule has 1 aliphatic heterocycles. The Morgan fingerprint density at radius 3 is 3.00 bits per heavy atom. The van der Waals surface area contributed by atoms with E-state index >= 15 is 0 Å². The van der Waals surface area contributed by atoms with Crippen LogP contribution in [0.5, 0.6) is 0 Å². The summed E-state index contributed by atoms with van der Waals surface area (Å²) >= 11 is 7.96. The van der Waals surface area contributed by atoms with Crippen molar-refractivity contribution in [2.75, 3.05) is 19.6 Å². The van der Waals surface area contributed by atoms with Crippen LogP contribution in [0, 0.1) is 5.92 Å². The van der Waals surface area contributed by atoms with Gasteiger partial charge in [-0.3, -0.25) is 0 Å². The molecule has 0 radical (unpaired) electrons. The molecule has 3 heteroatoms. The maximum atomic E-state index is 6.18. The standard InChI is InChI=1S/C11H16ClNS/c1-9-6-13(7-11(9)12)4-2-10-3-5-14-8-10/h3,5,8-9,11H,2,4,6-7H2,1H3. The average Bonchev–Trinajstić information content (AvgIpc) is 2.74. The molecule has 1 nitrogen and oxygen atoms in total. The van der Waals surface area contributed by atoms with Crippen molar-refractivity contribution in [3.05, 3.63) is 22.4 Å². The molecular weight excluding hydrogens is 214 g/mol. The summed E-state index contributed by atoms with van der Waals surface area (Å²) < 4.78 is 0. The lowest BCUT2D eigenvalue weighted by Gasteiger charge is -2.13. The van der Waals surface area contributed by atoms with E-state index in [0.717, 1.165) is 19.6 Å². The third-order valence-corrected chi connectivity index (χ3v) is 4.19. The van der Waals surface area contributed by atoms with Gasteiger partial charge in [-0.2, -0.15) is 11.3 Å². The quantitative estimate of drug-likeness (QED) is 0.721. The number of likely N-dealkylation sites (tertiary alicyclic amines) is 1. The Kier molecular flexibility index (Phi) is 3.47. The number of alkyl halides is 1. The Bertz CT molecular complexity index is 263. The SMILES string of the molecule is CC1CN(CCc2ccsc2)CC1Cl. The van der Waals surface area contributed by atoms with Crippen LogP contribution in [0.15, 0.2) is 16.8 Å². The molecule has 1 saturated heterocycles. The van der Waals surface area contributed by atoms with Gasteiger partial charge in [-0.15, -0.1) is 11.6 Å². The molecule has 0 aromatic carbocycles. The van der Waals surface area contributed by atoms with E-state index in [-0.39, 0.29) is 0 Å². The summed E-state index contributed by atoms with van der Waals surface area (Å²) in [6, 6.07) is 2.21. The number of thiophene rings is 1. The van der Waals surface area contributed by atoms with Crippen molar-refractivity contribution in [3.8, 4) is 0 Å². The van der Waals surface area contributed by atoms with Gasteiger partial charge in [0, 0.05) is 19.6 Å². The summed E-state index contributed by atoms with van der Waals surface area (Å²) in [5.74, 6) is 0.652. The van der Waals surface area contributed by atoms with Gasteiger partial charge in [-0.1, -0.05) is 6.92 Å². The highest BCUT2D eigenvalue weighted by atomic mass is 35.5. The highest BCUT2D eigenvalue weighted by molar-refractivity contribution is 7.07. The molecule has 2 atom stereocenters.